The number of Topliss-reactive ketones (excluding diaryl/α,β-unsaturated/α-hetero) is 1. The van der Waals surface area contributed by atoms with Crippen LogP contribution < -0.4 is 10.1 Å². The van der Waals surface area contributed by atoms with E-state index < -0.39 is 0 Å². The molecule has 1 aliphatic heterocycles. The molecule has 1 aliphatic carbocycles. The second-order valence-electron chi connectivity index (χ2n) is 8.86. The number of ether oxygens (including phenoxy) is 1. The van der Waals surface area contributed by atoms with Crippen LogP contribution in [0, 0.1) is 5.41 Å². The average molecular weight is 383 g/mol. The molecule has 0 radical (unpaired) electrons. The molecule has 1 atom stereocenters. The van der Waals surface area contributed by atoms with Gasteiger partial charge in [0.1, 0.15) is 5.75 Å². The fourth-order valence-corrected chi connectivity index (χ4v) is 4.98. The number of benzene rings is 3. The summed E-state index contributed by atoms with van der Waals surface area (Å²) in [5.74, 6) is 1.04. The van der Waals surface area contributed by atoms with Gasteiger partial charge in [-0.2, -0.15) is 0 Å². The Morgan fingerprint density at radius 2 is 1.72 bits per heavy atom. The molecule has 3 heteroatoms. The Labute approximate surface area is 171 Å². The van der Waals surface area contributed by atoms with Crippen molar-refractivity contribution < 1.29 is 9.53 Å². The first-order valence-electron chi connectivity index (χ1n) is 10.2. The number of anilines is 1. The van der Waals surface area contributed by atoms with E-state index in [0.717, 1.165) is 29.0 Å². The predicted octanol–water partition coefficient (Wildman–Crippen LogP) is 6.16. The van der Waals surface area contributed by atoms with Crippen LogP contribution in [-0.2, 0) is 4.79 Å². The zero-order chi connectivity index (χ0) is 20.2. The number of rotatable bonds is 2. The number of hydrogen-bond donors (Lipinski definition) is 1. The second kappa shape index (κ2) is 6.48. The lowest BCUT2D eigenvalue weighted by Crippen LogP contribution is -2.33. The van der Waals surface area contributed by atoms with Crippen molar-refractivity contribution in [1.29, 1.82) is 0 Å². The number of carbonyl (C=O) groups excluding carboxylic acids is 1. The molecule has 0 saturated carbocycles. The lowest BCUT2D eigenvalue weighted by atomic mass is 9.68. The number of allylic oxidation sites excluding steroid dienone is 1. The first kappa shape index (κ1) is 18.0. The Bertz CT molecular complexity index is 1170. The summed E-state index contributed by atoms with van der Waals surface area (Å²) >= 11 is 0. The molecule has 5 rings (SSSR count). The molecule has 0 spiro atoms. The molecule has 2 aliphatic rings. The summed E-state index contributed by atoms with van der Waals surface area (Å²) < 4.78 is 5.64. The third kappa shape index (κ3) is 2.84. The third-order valence-electron chi connectivity index (χ3n) is 6.19. The summed E-state index contributed by atoms with van der Waals surface area (Å²) in [5, 5.41) is 6.08. The minimum Gasteiger partial charge on any atom is -0.496 e. The highest BCUT2D eigenvalue weighted by molar-refractivity contribution is 6.13. The zero-order valence-electron chi connectivity index (χ0n) is 17.1. The SMILES string of the molecule is COc1ccccc1C1Nc2ccc3ccccc3c2C2=C1C(=O)CC(C)(C)C2. The number of methoxy groups -OCH3 is 1. The third-order valence-corrected chi connectivity index (χ3v) is 6.19. The van der Waals surface area contributed by atoms with Gasteiger partial charge < -0.3 is 10.1 Å². The standard InChI is InChI=1S/C26H25NO2/c1-26(2)14-19-23-17-9-5-4-8-16(17)12-13-20(23)27-25(24(19)21(28)15-26)18-10-6-7-11-22(18)29-3/h4-13,25,27H,14-15H2,1-3H3. The van der Waals surface area contributed by atoms with E-state index in [1.54, 1.807) is 7.11 Å². The van der Waals surface area contributed by atoms with Crippen molar-refractivity contribution in [3.8, 4) is 5.75 Å². The lowest BCUT2D eigenvalue weighted by molar-refractivity contribution is -0.118. The van der Waals surface area contributed by atoms with Crippen LogP contribution in [0.3, 0.4) is 0 Å². The van der Waals surface area contributed by atoms with Crippen LogP contribution in [0.25, 0.3) is 16.3 Å². The Balaban J connectivity index is 1.82. The van der Waals surface area contributed by atoms with Crippen molar-refractivity contribution in [2.45, 2.75) is 32.7 Å². The van der Waals surface area contributed by atoms with Gasteiger partial charge in [0.15, 0.2) is 5.78 Å². The van der Waals surface area contributed by atoms with Crippen molar-refractivity contribution in [2.75, 3.05) is 12.4 Å². The Kier molecular flexibility index (Phi) is 4.02. The van der Waals surface area contributed by atoms with Gasteiger partial charge in [0, 0.05) is 28.8 Å². The van der Waals surface area contributed by atoms with Crippen molar-refractivity contribution in [1.82, 2.24) is 0 Å². The smallest absolute Gasteiger partial charge is 0.162 e. The van der Waals surface area contributed by atoms with Gasteiger partial charge >= 0.3 is 0 Å². The summed E-state index contributed by atoms with van der Waals surface area (Å²) in [6.45, 7) is 4.39. The molecule has 29 heavy (non-hydrogen) atoms. The summed E-state index contributed by atoms with van der Waals surface area (Å²) in [6.07, 6.45) is 1.46. The maximum Gasteiger partial charge on any atom is 0.162 e. The van der Waals surface area contributed by atoms with E-state index in [-0.39, 0.29) is 17.2 Å². The maximum absolute atomic E-state index is 13.4. The fourth-order valence-electron chi connectivity index (χ4n) is 4.98. The van der Waals surface area contributed by atoms with Crippen molar-refractivity contribution in [3.05, 3.63) is 77.4 Å². The van der Waals surface area contributed by atoms with Crippen LogP contribution in [0.2, 0.25) is 0 Å². The van der Waals surface area contributed by atoms with Gasteiger partial charge in [-0.05, 0) is 40.3 Å². The topological polar surface area (TPSA) is 38.3 Å². The van der Waals surface area contributed by atoms with Crippen LogP contribution in [0.5, 0.6) is 5.75 Å². The molecule has 0 saturated heterocycles. The van der Waals surface area contributed by atoms with Gasteiger partial charge in [-0.25, -0.2) is 0 Å². The molecule has 3 aromatic carbocycles. The van der Waals surface area contributed by atoms with Crippen LogP contribution >= 0.6 is 0 Å². The van der Waals surface area contributed by atoms with Crippen molar-refractivity contribution in [2.24, 2.45) is 5.41 Å². The van der Waals surface area contributed by atoms with E-state index in [2.05, 4.69) is 61.6 Å². The van der Waals surface area contributed by atoms with Crippen molar-refractivity contribution in [3.63, 3.8) is 0 Å². The summed E-state index contributed by atoms with van der Waals surface area (Å²) in [4.78, 5) is 13.4. The molecule has 3 aromatic rings. The number of para-hydroxylation sites is 1. The summed E-state index contributed by atoms with van der Waals surface area (Å²) in [5.41, 5.74) is 5.32. The summed E-state index contributed by atoms with van der Waals surface area (Å²) in [6, 6.07) is 20.5. The quantitative estimate of drug-likeness (QED) is 0.576. The first-order chi connectivity index (χ1) is 14.0. The number of carbonyl (C=O) groups is 1. The highest BCUT2D eigenvalue weighted by Gasteiger charge is 2.41. The molecular formula is C26H25NO2. The molecule has 0 bridgehead atoms. The van der Waals surface area contributed by atoms with Crippen LogP contribution in [0.1, 0.15) is 43.9 Å². The monoisotopic (exact) mass is 383 g/mol. The molecule has 1 unspecified atom stereocenters. The van der Waals surface area contributed by atoms with E-state index in [1.807, 2.05) is 18.2 Å². The van der Waals surface area contributed by atoms with E-state index in [1.165, 1.54) is 21.9 Å². The second-order valence-corrected chi connectivity index (χ2v) is 8.86. The van der Waals surface area contributed by atoms with Gasteiger partial charge in [-0.3, -0.25) is 4.79 Å². The first-order valence-corrected chi connectivity index (χ1v) is 10.2. The van der Waals surface area contributed by atoms with Gasteiger partial charge in [-0.1, -0.05) is 62.4 Å². The van der Waals surface area contributed by atoms with E-state index in [4.69, 9.17) is 4.74 Å². The Morgan fingerprint density at radius 1 is 0.966 bits per heavy atom. The maximum atomic E-state index is 13.4. The Hall–Kier alpha value is -3.07. The van der Waals surface area contributed by atoms with Gasteiger partial charge in [0.05, 0.1) is 13.2 Å². The number of fused-ring (bicyclic) bond motifs is 4. The number of ketones is 1. The summed E-state index contributed by atoms with van der Waals surface area (Å²) in [7, 11) is 1.68. The van der Waals surface area contributed by atoms with Gasteiger partial charge in [-0.15, -0.1) is 0 Å². The zero-order valence-corrected chi connectivity index (χ0v) is 17.1. The molecule has 0 fully saturated rings. The predicted molar refractivity (Wildman–Crippen MR) is 118 cm³/mol. The molecule has 146 valence electrons. The van der Waals surface area contributed by atoms with E-state index in [0.29, 0.717) is 6.42 Å². The highest BCUT2D eigenvalue weighted by Crippen LogP contribution is 2.52. The minimum absolute atomic E-state index is 0.0488. The fraction of sp³-hybridized carbons (Fsp3) is 0.269. The Morgan fingerprint density at radius 3 is 2.55 bits per heavy atom. The number of hydrogen-bond acceptors (Lipinski definition) is 3. The van der Waals surface area contributed by atoms with Gasteiger partial charge in [0.25, 0.3) is 0 Å². The minimum atomic E-state index is -0.196. The van der Waals surface area contributed by atoms with E-state index in [9.17, 15) is 4.79 Å². The number of nitrogens with one attached hydrogen (secondary N) is 1. The van der Waals surface area contributed by atoms with Crippen LogP contribution in [0.15, 0.2) is 66.2 Å². The van der Waals surface area contributed by atoms with Crippen LogP contribution in [-0.4, -0.2) is 12.9 Å². The normalized spacial score (nSPS) is 20.1. The molecule has 3 nitrogen and oxygen atoms in total. The largest absolute Gasteiger partial charge is 0.496 e. The molecule has 0 aromatic heterocycles. The van der Waals surface area contributed by atoms with Crippen LogP contribution in [0.4, 0.5) is 5.69 Å². The van der Waals surface area contributed by atoms with E-state index >= 15 is 0 Å². The average Bonchev–Trinajstić information content (AvgIpc) is 2.71. The van der Waals surface area contributed by atoms with Gasteiger partial charge in [0.2, 0.25) is 0 Å². The lowest BCUT2D eigenvalue weighted by Gasteiger charge is -2.40. The molecular weight excluding hydrogens is 358 g/mol. The molecule has 0 amide bonds. The molecule has 1 N–H and O–H groups in total. The van der Waals surface area contributed by atoms with Crippen molar-refractivity contribution >= 4 is 27.8 Å². The molecule has 1 heterocycles. The highest BCUT2D eigenvalue weighted by atomic mass is 16.5.